The van der Waals surface area contributed by atoms with E-state index in [1.165, 1.54) is 18.2 Å². The van der Waals surface area contributed by atoms with Crippen LogP contribution in [0, 0.1) is 15.5 Å². The number of nitrogens with zero attached hydrogens (tertiary/aromatic N) is 1. The summed E-state index contributed by atoms with van der Waals surface area (Å²) in [4.78, 5) is 21.1. The van der Waals surface area contributed by atoms with Crippen molar-refractivity contribution in [3.05, 3.63) is 33.9 Å². The summed E-state index contributed by atoms with van der Waals surface area (Å²) in [5.41, 5.74) is -0.311. The highest BCUT2D eigenvalue weighted by atomic mass is 16.6. The van der Waals surface area contributed by atoms with Gasteiger partial charge in [-0.3, -0.25) is 10.1 Å². The van der Waals surface area contributed by atoms with E-state index in [9.17, 15) is 14.9 Å². The molecule has 1 aromatic rings. The first kappa shape index (κ1) is 16.9. The first-order chi connectivity index (χ1) is 9.76. The highest BCUT2D eigenvalue weighted by molar-refractivity contribution is 5.93. The molecule has 0 amide bonds. The number of carboxylic acid groups (broad SMARTS) is 1. The van der Waals surface area contributed by atoms with E-state index < -0.39 is 16.6 Å². The second kappa shape index (κ2) is 7.03. The van der Waals surface area contributed by atoms with Gasteiger partial charge < -0.3 is 15.5 Å². The zero-order chi connectivity index (χ0) is 16.0. The van der Waals surface area contributed by atoms with E-state index in [2.05, 4.69) is 5.32 Å². The van der Waals surface area contributed by atoms with Crippen LogP contribution in [0.25, 0.3) is 0 Å². The molecular formula is C14H20N2O5. The fourth-order valence-corrected chi connectivity index (χ4v) is 1.96. The van der Waals surface area contributed by atoms with Gasteiger partial charge in [-0.1, -0.05) is 13.8 Å². The average Bonchev–Trinajstić information content (AvgIpc) is 2.42. The van der Waals surface area contributed by atoms with Gasteiger partial charge in [0.25, 0.3) is 5.69 Å². The van der Waals surface area contributed by atoms with Crippen molar-refractivity contribution in [1.29, 1.82) is 0 Å². The highest BCUT2D eigenvalue weighted by Gasteiger charge is 2.21. The third kappa shape index (κ3) is 5.03. The zero-order valence-electron chi connectivity index (χ0n) is 12.1. The third-order valence-corrected chi connectivity index (χ3v) is 3.21. The lowest BCUT2D eigenvalue weighted by Crippen LogP contribution is -2.23. The van der Waals surface area contributed by atoms with E-state index in [1.807, 2.05) is 13.8 Å². The predicted molar refractivity (Wildman–Crippen MR) is 78.6 cm³/mol. The van der Waals surface area contributed by atoms with Crippen LogP contribution in [-0.2, 0) is 0 Å². The maximum atomic E-state index is 11.1. The van der Waals surface area contributed by atoms with Gasteiger partial charge in [-0.05, 0) is 30.4 Å². The molecule has 0 bridgehead atoms. The zero-order valence-corrected chi connectivity index (χ0v) is 12.1. The summed E-state index contributed by atoms with van der Waals surface area (Å²) in [6.07, 6.45) is 1.50. The number of aromatic carboxylic acids is 1. The van der Waals surface area contributed by atoms with Crippen molar-refractivity contribution in [2.24, 2.45) is 5.41 Å². The van der Waals surface area contributed by atoms with Crippen molar-refractivity contribution < 1.29 is 19.9 Å². The van der Waals surface area contributed by atoms with Crippen LogP contribution < -0.4 is 5.32 Å². The van der Waals surface area contributed by atoms with E-state index >= 15 is 0 Å². The van der Waals surface area contributed by atoms with E-state index in [4.69, 9.17) is 10.2 Å². The Morgan fingerprint density at radius 1 is 1.43 bits per heavy atom. The Morgan fingerprint density at radius 2 is 2.10 bits per heavy atom. The fraction of sp³-hybridized carbons (Fsp3) is 0.500. The van der Waals surface area contributed by atoms with Crippen LogP contribution in [0.5, 0.6) is 0 Å². The number of nitrogens with one attached hydrogen (secondary N) is 1. The van der Waals surface area contributed by atoms with Gasteiger partial charge in [0.05, 0.1) is 4.92 Å². The van der Waals surface area contributed by atoms with E-state index in [0.29, 0.717) is 18.7 Å². The molecule has 0 radical (unpaired) electrons. The topological polar surface area (TPSA) is 113 Å². The van der Waals surface area contributed by atoms with Gasteiger partial charge >= 0.3 is 5.97 Å². The molecule has 7 nitrogen and oxygen atoms in total. The lowest BCUT2D eigenvalue weighted by atomic mass is 9.88. The number of carbonyl (C=O) groups is 1. The van der Waals surface area contributed by atoms with Crippen LogP contribution in [0.15, 0.2) is 18.2 Å². The van der Waals surface area contributed by atoms with Crippen molar-refractivity contribution in [1.82, 2.24) is 0 Å². The van der Waals surface area contributed by atoms with Crippen LogP contribution in [0.1, 0.15) is 37.0 Å². The molecule has 0 atom stereocenters. The highest BCUT2D eigenvalue weighted by Crippen LogP contribution is 2.26. The largest absolute Gasteiger partial charge is 0.477 e. The summed E-state index contributed by atoms with van der Waals surface area (Å²) in [6.45, 7) is 4.76. The Bertz CT molecular complexity index is 528. The van der Waals surface area contributed by atoms with Crippen molar-refractivity contribution in [3.63, 3.8) is 0 Å². The summed E-state index contributed by atoms with van der Waals surface area (Å²) >= 11 is 0. The SMILES string of the molecule is CC(C)(CCCO)CNc1ccc([N+](=O)[O-])c(C(=O)O)c1. The number of benzene rings is 1. The normalized spacial score (nSPS) is 11.2. The van der Waals surface area contributed by atoms with Crippen LogP contribution in [0.2, 0.25) is 0 Å². The standard InChI is InChI=1S/C14H20N2O5/c1-14(2,6-3-7-17)9-15-10-4-5-12(16(20)21)11(8-10)13(18)19/h4-5,8,15,17H,3,6-7,9H2,1-2H3,(H,18,19). The second-order valence-corrected chi connectivity index (χ2v) is 5.64. The van der Waals surface area contributed by atoms with E-state index in [1.54, 1.807) is 0 Å². The van der Waals surface area contributed by atoms with E-state index in [-0.39, 0.29) is 17.6 Å². The molecule has 1 rings (SSSR count). The van der Waals surface area contributed by atoms with Gasteiger partial charge in [-0.15, -0.1) is 0 Å². The molecule has 1 aromatic carbocycles. The van der Waals surface area contributed by atoms with Crippen molar-refractivity contribution >= 4 is 17.3 Å². The molecule has 0 spiro atoms. The Morgan fingerprint density at radius 3 is 2.62 bits per heavy atom. The maximum absolute atomic E-state index is 11.1. The Labute approximate surface area is 122 Å². The molecule has 0 aliphatic carbocycles. The molecule has 0 aliphatic rings. The molecule has 0 saturated heterocycles. The van der Waals surface area contributed by atoms with Gasteiger partial charge in [0.1, 0.15) is 5.56 Å². The molecular weight excluding hydrogens is 276 g/mol. The lowest BCUT2D eigenvalue weighted by Gasteiger charge is -2.25. The minimum absolute atomic E-state index is 0.0755. The maximum Gasteiger partial charge on any atom is 0.342 e. The molecule has 116 valence electrons. The summed E-state index contributed by atoms with van der Waals surface area (Å²) in [6, 6.07) is 3.95. The number of hydrogen-bond donors (Lipinski definition) is 3. The molecule has 3 N–H and O–H groups in total. The number of aliphatic hydroxyl groups excluding tert-OH is 1. The Kier molecular flexibility index (Phi) is 5.66. The summed E-state index contributed by atoms with van der Waals surface area (Å²) in [5, 5.41) is 31.7. The Balaban J connectivity index is 2.83. The van der Waals surface area contributed by atoms with Gasteiger partial charge in [0.15, 0.2) is 0 Å². The lowest BCUT2D eigenvalue weighted by molar-refractivity contribution is -0.385. The molecule has 0 heterocycles. The quantitative estimate of drug-likeness (QED) is 0.502. The average molecular weight is 296 g/mol. The van der Waals surface area contributed by atoms with Crippen LogP contribution in [-0.4, -0.2) is 34.3 Å². The van der Waals surface area contributed by atoms with Gasteiger partial charge in [-0.2, -0.15) is 0 Å². The molecule has 0 aromatic heterocycles. The number of carboxylic acids is 1. The predicted octanol–water partition coefficient (Wildman–Crippen LogP) is 2.50. The smallest absolute Gasteiger partial charge is 0.342 e. The van der Waals surface area contributed by atoms with Crippen molar-refractivity contribution in [2.75, 3.05) is 18.5 Å². The number of rotatable bonds is 8. The van der Waals surface area contributed by atoms with Gasteiger partial charge in [0, 0.05) is 24.9 Å². The third-order valence-electron chi connectivity index (χ3n) is 3.21. The van der Waals surface area contributed by atoms with Crippen LogP contribution in [0.4, 0.5) is 11.4 Å². The number of nitro groups is 1. The monoisotopic (exact) mass is 296 g/mol. The van der Waals surface area contributed by atoms with Crippen LogP contribution in [0.3, 0.4) is 0 Å². The van der Waals surface area contributed by atoms with E-state index in [0.717, 1.165) is 6.42 Å². The summed E-state index contributed by atoms with van der Waals surface area (Å²) in [7, 11) is 0. The van der Waals surface area contributed by atoms with Crippen molar-refractivity contribution in [3.8, 4) is 0 Å². The minimum atomic E-state index is -1.33. The van der Waals surface area contributed by atoms with Crippen LogP contribution >= 0.6 is 0 Å². The molecule has 0 saturated carbocycles. The summed E-state index contributed by atoms with van der Waals surface area (Å²) < 4.78 is 0. The molecule has 7 heteroatoms. The number of aliphatic hydroxyl groups is 1. The summed E-state index contributed by atoms with van der Waals surface area (Å²) in [5.74, 6) is -1.33. The molecule has 21 heavy (non-hydrogen) atoms. The van der Waals surface area contributed by atoms with Crippen molar-refractivity contribution in [2.45, 2.75) is 26.7 Å². The van der Waals surface area contributed by atoms with Gasteiger partial charge in [-0.25, -0.2) is 4.79 Å². The number of anilines is 1. The number of hydrogen-bond acceptors (Lipinski definition) is 5. The Hall–Kier alpha value is -2.15. The molecule has 0 unspecified atom stereocenters. The first-order valence-corrected chi connectivity index (χ1v) is 6.63. The molecule has 0 aliphatic heterocycles. The fourth-order valence-electron chi connectivity index (χ4n) is 1.96. The first-order valence-electron chi connectivity index (χ1n) is 6.63. The molecule has 0 fully saturated rings. The van der Waals surface area contributed by atoms with Gasteiger partial charge in [0.2, 0.25) is 0 Å². The number of nitro benzene ring substituents is 1. The minimum Gasteiger partial charge on any atom is -0.477 e. The second-order valence-electron chi connectivity index (χ2n) is 5.64.